The first kappa shape index (κ1) is 23.1. The first-order chi connectivity index (χ1) is 15.8. The van der Waals surface area contributed by atoms with Crippen LogP contribution in [-0.4, -0.2) is 61.5 Å². The Balaban J connectivity index is 1.37. The molecule has 0 radical (unpaired) electrons. The average molecular weight is 466 g/mol. The van der Waals surface area contributed by atoms with E-state index >= 15 is 0 Å². The van der Waals surface area contributed by atoms with Gasteiger partial charge in [-0.1, -0.05) is 30.3 Å². The number of nitrogens with one attached hydrogen (secondary N) is 1. The summed E-state index contributed by atoms with van der Waals surface area (Å²) >= 11 is 0. The second kappa shape index (κ2) is 9.43. The van der Waals surface area contributed by atoms with Crippen LogP contribution in [0.1, 0.15) is 24.2 Å². The summed E-state index contributed by atoms with van der Waals surface area (Å²) in [6.07, 6.45) is 0. The highest BCUT2D eigenvalue weighted by molar-refractivity contribution is 7.89. The van der Waals surface area contributed by atoms with Crippen molar-refractivity contribution in [1.29, 1.82) is 0 Å². The number of fused-ring (bicyclic) bond motifs is 1. The molecule has 1 amide bonds. The maximum atomic E-state index is 13.2. The molecule has 7 nitrogen and oxygen atoms in total. The van der Waals surface area contributed by atoms with Crippen LogP contribution in [0.2, 0.25) is 0 Å². The maximum absolute atomic E-state index is 13.2. The number of ketones is 1. The standard InChI is InChI=1S/C25H27N3O4S/c1-18(25(30)26-23-10-7-20(8-11-23)19(2)29)27-13-15-28(16-14-27)33(31,32)24-12-9-21-5-3-4-6-22(21)17-24/h3-12,17-18H,13-16H2,1-2H3,(H,26,30)/t18-/m0/s1. The molecule has 33 heavy (non-hydrogen) atoms. The summed E-state index contributed by atoms with van der Waals surface area (Å²) in [5.41, 5.74) is 1.21. The van der Waals surface area contributed by atoms with Gasteiger partial charge in [0.1, 0.15) is 0 Å². The maximum Gasteiger partial charge on any atom is 0.243 e. The lowest BCUT2D eigenvalue weighted by Crippen LogP contribution is -2.53. The Kier molecular flexibility index (Phi) is 6.60. The fourth-order valence-electron chi connectivity index (χ4n) is 4.01. The molecule has 1 heterocycles. The number of Topliss-reactive ketones (excluding diaryl/α,β-unsaturated/α-hetero) is 1. The van der Waals surface area contributed by atoms with E-state index in [2.05, 4.69) is 5.32 Å². The number of nitrogens with zero attached hydrogens (tertiary/aromatic N) is 2. The minimum atomic E-state index is -3.60. The van der Waals surface area contributed by atoms with E-state index in [0.717, 1.165) is 10.8 Å². The largest absolute Gasteiger partial charge is 0.325 e. The third kappa shape index (κ3) is 4.98. The van der Waals surface area contributed by atoms with Gasteiger partial charge in [0.2, 0.25) is 15.9 Å². The van der Waals surface area contributed by atoms with Gasteiger partial charge < -0.3 is 5.32 Å². The van der Waals surface area contributed by atoms with Gasteiger partial charge in [0.05, 0.1) is 10.9 Å². The van der Waals surface area contributed by atoms with Gasteiger partial charge in [-0.3, -0.25) is 14.5 Å². The number of carbonyl (C=O) groups is 2. The summed E-state index contributed by atoms with van der Waals surface area (Å²) in [6, 6.07) is 19.2. The summed E-state index contributed by atoms with van der Waals surface area (Å²) < 4.78 is 27.8. The molecular formula is C25H27N3O4S. The second-order valence-electron chi connectivity index (χ2n) is 8.25. The first-order valence-electron chi connectivity index (χ1n) is 10.9. The average Bonchev–Trinajstić information content (AvgIpc) is 2.83. The Morgan fingerprint density at radius 3 is 2.15 bits per heavy atom. The molecule has 3 aromatic carbocycles. The molecule has 8 heteroatoms. The Morgan fingerprint density at radius 1 is 0.879 bits per heavy atom. The summed E-state index contributed by atoms with van der Waals surface area (Å²) in [6.45, 7) is 4.87. The number of benzene rings is 3. The van der Waals surface area contributed by atoms with Crippen LogP contribution in [0.5, 0.6) is 0 Å². The van der Waals surface area contributed by atoms with Crippen LogP contribution in [0.4, 0.5) is 5.69 Å². The lowest BCUT2D eigenvalue weighted by Gasteiger charge is -2.36. The predicted octanol–water partition coefficient (Wildman–Crippen LogP) is 3.38. The first-order valence-corrected chi connectivity index (χ1v) is 12.3. The van der Waals surface area contributed by atoms with Crippen molar-refractivity contribution in [3.8, 4) is 0 Å². The number of hydrogen-bond donors (Lipinski definition) is 1. The van der Waals surface area contributed by atoms with Crippen molar-refractivity contribution in [1.82, 2.24) is 9.21 Å². The molecule has 1 atom stereocenters. The fourth-order valence-corrected chi connectivity index (χ4v) is 5.47. The molecule has 0 unspecified atom stereocenters. The topological polar surface area (TPSA) is 86.8 Å². The number of amides is 1. The summed E-state index contributed by atoms with van der Waals surface area (Å²) in [5, 5.41) is 4.75. The minimum Gasteiger partial charge on any atom is -0.325 e. The second-order valence-corrected chi connectivity index (χ2v) is 10.2. The van der Waals surface area contributed by atoms with Crippen molar-refractivity contribution in [3.63, 3.8) is 0 Å². The molecule has 1 fully saturated rings. The Labute approximate surface area is 194 Å². The van der Waals surface area contributed by atoms with Gasteiger partial charge in [0.25, 0.3) is 0 Å². The van der Waals surface area contributed by atoms with E-state index in [9.17, 15) is 18.0 Å². The molecule has 3 aromatic rings. The van der Waals surface area contributed by atoms with Crippen LogP contribution in [0.3, 0.4) is 0 Å². The summed E-state index contributed by atoms with van der Waals surface area (Å²) in [5.74, 6) is -0.200. The normalized spacial score (nSPS) is 16.4. The van der Waals surface area contributed by atoms with Crippen molar-refractivity contribution in [2.24, 2.45) is 0 Å². The predicted molar refractivity (Wildman–Crippen MR) is 129 cm³/mol. The van der Waals surface area contributed by atoms with E-state index < -0.39 is 16.1 Å². The molecule has 1 aliphatic heterocycles. The van der Waals surface area contributed by atoms with Crippen molar-refractivity contribution >= 4 is 38.2 Å². The van der Waals surface area contributed by atoms with Crippen LogP contribution in [-0.2, 0) is 14.8 Å². The van der Waals surface area contributed by atoms with E-state index in [0.29, 0.717) is 37.4 Å². The highest BCUT2D eigenvalue weighted by Gasteiger charge is 2.32. The molecule has 1 N–H and O–H groups in total. The summed E-state index contributed by atoms with van der Waals surface area (Å²) in [4.78, 5) is 26.4. The molecule has 4 rings (SSSR count). The molecule has 0 spiro atoms. The number of piperazine rings is 1. The molecule has 0 bridgehead atoms. The monoisotopic (exact) mass is 465 g/mol. The number of carbonyl (C=O) groups excluding carboxylic acids is 2. The number of rotatable bonds is 6. The molecular weight excluding hydrogens is 438 g/mol. The van der Waals surface area contributed by atoms with Crippen LogP contribution in [0.25, 0.3) is 10.8 Å². The molecule has 1 aliphatic rings. The van der Waals surface area contributed by atoms with Crippen LogP contribution < -0.4 is 5.32 Å². The number of anilines is 1. The molecule has 1 saturated heterocycles. The Hall–Kier alpha value is -3.07. The number of sulfonamides is 1. The highest BCUT2D eigenvalue weighted by atomic mass is 32.2. The van der Waals surface area contributed by atoms with Gasteiger partial charge in [-0.25, -0.2) is 8.42 Å². The van der Waals surface area contributed by atoms with E-state index in [1.165, 1.54) is 11.2 Å². The fraction of sp³-hybridized carbons (Fsp3) is 0.280. The van der Waals surface area contributed by atoms with E-state index in [-0.39, 0.29) is 16.6 Å². The third-order valence-electron chi connectivity index (χ3n) is 6.12. The Bertz CT molecular complexity index is 1280. The Morgan fingerprint density at radius 2 is 1.52 bits per heavy atom. The van der Waals surface area contributed by atoms with Crippen molar-refractivity contribution < 1.29 is 18.0 Å². The van der Waals surface area contributed by atoms with E-state index in [1.807, 2.05) is 42.2 Å². The van der Waals surface area contributed by atoms with Gasteiger partial charge >= 0.3 is 0 Å². The van der Waals surface area contributed by atoms with Crippen molar-refractivity contribution in [3.05, 3.63) is 72.3 Å². The van der Waals surface area contributed by atoms with Gasteiger partial charge in [-0.15, -0.1) is 0 Å². The third-order valence-corrected chi connectivity index (χ3v) is 8.01. The zero-order valence-electron chi connectivity index (χ0n) is 18.7. The lowest BCUT2D eigenvalue weighted by atomic mass is 10.1. The highest BCUT2D eigenvalue weighted by Crippen LogP contribution is 2.23. The van der Waals surface area contributed by atoms with Crippen molar-refractivity contribution in [2.75, 3.05) is 31.5 Å². The molecule has 172 valence electrons. The smallest absolute Gasteiger partial charge is 0.243 e. The summed E-state index contributed by atoms with van der Waals surface area (Å²) in [7, 11) is -3.60. The number of hydrogen-bond acceptors (Lipinski definition) is 5. The van der Waals surface area contributed by atoms with Crippen LogP contribution in [0, 0.1) is 0 Å². The molecule has 0 aromatic heterocycles. The van der Waals surface area contributed by atoms with E-state index in [4.69, 9.17) is 0 Å². The molecule has 0 saturated carbocycles. The van der Waals surface area contributed by atoms with Gasteiger partial charge in [0.15, 0.2) is 5.78 Å². The SMILES string of the molecule is CC(=O)c1ccc(NC(=O)[C@H](C)N2CCN(S(=O)(=O)c3ccc4ccccc4c3)CC2)cc1. The quantitative estimate of drug-likeness (QED) is 0.564. The van der Waals surface area contributed by atoms with Gasteiger partial charge in [-0.2, -0.15) is 4.31 Å². The zero-order valence-corrected chi connectivity index (χ0v) is 19.5. The molecule has 0 aliphatic carbocycles. The van der Waals surface area contributed by atoms with Gasteiger partial charge in [0, 0.05) is 37.4 Å². The van der Waals surface area contributed by atoms with Crippen LogP contribution >= 0.6 is 0 Å². The zero-order chi connectivity index (χ0) is 23.6. The van der Waals surface area contributed by atoms with Crippen LogP contribution in [0.15, 0.2) is 71.6 Å². The minimum absolute atomic E-state index is 0.0299. The van der Waals surface area contributed by atoms with Crippen molar-refractivity contribution in [2.45, 2.75) is 24.8 Å². The lowest BCUT2D eigenvalue weighted by molar-refractivity contribution is -0.121. The van der Waals surface area contributed by atoms with E-state index in [1.54, 1.807) is 36.4 Å². The van der Waals surface area contributed by atoms with Gasteiger partial charge in [-0.05, 0) is 61.0 Å².